The summed E-state index contributed by atoms with van der Waals surface area (Å²) in [6, 6.07) is 0.636. The molecule has 2 aliphatic heterocycles. The van der Waals surface area contributed by atoms with Gasteiger partial charge in [0.1, 0.15) is 0 Å². The number of piperidine rings is 2. The topological polar surface area (TPSA) is 23.6 Å². The van der Waals surface area contributed by atoms with E-state index in [0.717, 1.165) is 37.9 Å². The third-order valence-electron chi connectivity index (χ3n) is 5.29. The molecular formula is C17H32N2O. The Labute approximate surface area is 124 Å². The Morgan fingerprint density at radius 1 is 0.950 bits per heavy atom. The maximum Gasteiger partial charge on any atom is 0.239 e. The molecule has 0 bridgehead atoms. The van der Waals surface area contributed by atoms with E-state index >= 15 is 0 Å². The van der Waals surface area contributed by atoms with Crippen molar-refractivity contribution in [2.45, 2.75) is 71.9 Å². The molecule has 2 aliphatic rings. The highest BCUT2D eigenvalue weighted by Crippen LogP contribution is 2.27. The van der Waals surface area contributed by atoms with Crippen LogP contribution in [0.15, 0.2) is 0 Å². The average Bonchev–Trinajstić information content (AvgIpc) is 2.46. The number of rotatable bonds is 3. The number of likely N-dealkylation sites (tertiary alicyclic amines) is 2. The van der Waals surface area contributed by atoms with Gasteiger partial charge < -0.3 is 4.90 Å². The van der Waals surface area contributed by atoms with Gasteiger partial charge in [0.25, 0.3) is 0 Å². The van der Waals surface area contributed by atoms with Crippen LogP contribution in [0.4, 0.5) is 0 Å². The second-order valence-corrected chi connectivity index (χ2v) is 7.25. The first-order valence-electron chi connectivity index (χ1n) is 8.55. The predicted octanol–water partition coefficient (Wildman–Crippen LogP) is 3.14. The van der Waals surface area contributed by atoms with Crippen molar-refractivity contribution in [1.82, 2.24) is 9.80 Å². The van der Waals surface area contributed by atoms with Gasteiger partial charge in [-0.2, -0.15) is 0 Å². The van der Waals surface area contributed by atoms with Crippen molar-refractivity contribution in [3.63, 3.8) is 0 Å². The summed E-state index contributed by atoms with van der Waals surface area (Å²) in [6.45, 7) is 12.1. The van der Waals surface area contributed by atoms with Gasteiger partial charge >= 0.3 is 0 Å². The molecule has 2 fully saturated rings. The number of nitrogens with zero attached hydrogens (tertiary/aromatic N) is 2. The van der Waals surface area contributed by atoms with Crippen LogP contribution in [0.2, 0.25) is 0 Å². The molecule has 0 aromatic rings. The van der Waals surface area contributed by atoms with Gasteiger partial charge in [-0.15, -0.1) is 0 Å². The lowest BCUT2D eigenvalue weighted by Crippen LogP contribution is -2.54. The van der Waals surface area contributed by atoms with Gasteiger partial charge in [0.2, 0.25) is 5.91 Å². The van der Waals surface area contributed by atoms with Gasteiger partial charge in [0, 0.05) is 19.1 Å². The van der Waals surface area contributed by atoms with Crippen LogP contribution >= 0.6 is 0 Å². The van der Waals surface area contributed by atoms with Crippen LogP contribution in [0.3, 0.4) is 0 Å². The smallest absolute Gasteiger partial charge is 0.239 e. The first-order chi connectivity index (χ1) is 9.50. The Bertz CT molecular complexity index is 319. The largest absolute Gasteiger partial charge is 0.341 e. The standard InChI is InChI=1S/C17H32N2O/c1-13(2)15-8-11-18(12-9-15)17(20)16-7-5-6-10-19(16)14(3)4/h13-16H,5-12H2,1-4H3/t16-/m0/s1. The number of amides is 1. The van der Waals surface area contributed by atoms with Crippen LogP contribution in [-0.2, 0) is 4.79 Å². The second kappa shape index (κ2) is 6.93. The molecule has 0 unspecified atom stereocenters. The second-order valence-electron chi connectivity index (χ2n) is 7.25. The van der Waals surface area contributed by atoms with Crippen molar-refractivity contribution in [1.29, 1.82) is 0 Å². The first-order valence-corrected chi connectivity index (χ1v) is 8.55. The van der Waals surface area contributed by atoms with Crippen LogP contribution in [0, 0.1) is 11.8 Å². The SMILES string of the molecule is CC(C)C1CCN(C(=O)[C@@H]2CCCCN2C(C)C)CC1. The van der Waals surface area contributed by atoms with Crippen molar-refractivity contribution in [2.24, 2.45) is 11.8 Å². The van der Waals surface area contributed by atoms with Gasteiger partial charge in [0.15, 0.2) is 0 Å². The van der Waals surface area contributed by atoms with E-state index in [-0.39, 0.29) is 6.04 Å². The Kier molecular flexibility index (Phi) is 5.48. The molecule has 3 nitrogen and oxygen atoms in total. The van der Waals surface area contributed by atoms with Crippen molar-refractivity contribution < 1.29 is 4.79 Å². The van der Waals surface area contributed by atoms with E-state index in [4.69, 9.17) is 0 Å². The fraction of sp³-hybridized carbons (Fsp3) is 0.941. The predicted molar refractivity (Wildman–Crippen MR) is 83.6 cm³/mol. The van der Waals surface area contributed by atoms with Crippen LogP contribution in [0.25, 0.3) is 0 Å². The van der Waals surface area contributed by atoms with Gasteiger partial charge in [0.05, 0.1) is 6.04 Å². The fourth-order valence-electron chi connectivity index (χ4n) is 3.83. The quantitative estimate of drug-likeness (QED) is 0.793. The summed E-state index contributed by atoms with van der Waals surface area (Å²) >= 11 is 0. The van der Waals surface area contributed by atoms with Gasteiger partial charge in [-0.25, -0.2) is 0 Å². The van der Waals surface area contributed by atoms with Gasteiger partial charge in [-0.3, -0.25) is 9.69 Å². The molecule has 1 atom stereocenters. The molecule has 0 aromatic carbocycles. The normalized spacial score (nSPS) is 26.5. The Morgan fingerprint density at radius 2 is 1.60 bits per heavy atom. The minimum atomic E-state index is 0.152. The minimum Gasteiger partial charge on any atom is -0.341 e. The van der Waals surface area contributed by atoms with E-state index in [1.54, 1.807) is 0 Å². The zero-order valence-electron chi connectivity index (χ0n) is 13.8. The molecular weight excluding hydrogens is 248 g/mol. The van der Waals surface area contributed by atoms with Crippen LogP contribution in [0.5, 0.6) is 0 Å². The van der Waals surface area contributed by atoms with Crippen LogP contribution in [-0.4, -0.2) is 47.4 Å². The lowest BCUT2D eigenvalue weighted by molar-refractivity contribution is -0.140. The first kappa shape index (κ1) is 15.8. The zero-order valence-corrected chi connectivity index (χ0v) is 13.8. The number of carbonyl (C=O) groups excluding carboxylic acids is 1. The van der Waals surface area contributed by atoms with Gasteiger partial charge in [-0.1, -0.05) is 20.3 Å². The molecule has 3 heteroatoms. The van der Waals surface area contributed by atoms with Crippen molar-refractivity contribution >= 4 is 5.91 Å². The van der Waals surface area contributed by atoms with Crippen LogP contribution < -0.4 is 0 Å². The molecule has 0 saturated carbocycles. The summed E-state index contributed by atoms with van der Waals surface area (Å²) in [4.78, 5) is 17.4. The van der Waals surface area contributed by atoms with E-state index in [9.17, 15) is 4.79 Å². The monoisotopic (exact) mass is 280 g/mol. The Hall–Kier alpha value is -0.570. The zero-order chi connectivity index (χ0) is 14.7. The number of hydrogen-bond donors (Lipinski definition) is 0. The van der Waals surface area contributed by atoms with Gasteiger partial charge in [-0.05, 0) is 57.9 Å². The minimum absolute atomic E-state index is 0.152. The molecule has 2 rings (SSSR count). The van der Waals surface area contributed by atoms with Crippen molar-refractivity contribution in [2.75, 3.05) is 19.6 Å². The van der Waals surface area contributed by atoms with E-state index in [2.05, 4.69) is 37.5 Å². The molecule has 20 heavy (non-hydrogen) atoms. The van der Waals surface area contributed by atoms with E-state index < -0.39 is 0 Å². The average molecular weight is 280 g/mol. The summed E-state index contributed by atoms with van der Waals surface area (Å²) in [5.41, 5.74) is 0. The maximum atomic E-state index is 12.8. The molecule has 0 spiro atoms. The summed E-state index contributed by atoms with van der Waals surface area (Å²) in [6.07, 6.45) is 5.90. The van der Waals surface area contributed by atoms with E-state index in [1.165, 1.54) is 25.7 Å². The highest BCUT2D eigenvalue weighted by atomic mass is 16.2. The Morgan fingerprint density at radius 3 is 2.15 bits per heavy atom. The number of hydrogen-bond acceptors (Lipinski definition) is 2. The van der Waals surface area contributed by atoms with Crippen molar-refractivity contribution in [3.8, 4) is 0 Å². The molecule has 1 amide bonds. The third-order valence-corrected chi connectivity index (χ3v) is 5.29. The lowest BCUT2D eigenvalue weighted by Gasteiger charge is -2.42. The molecule has 2 heterocycles. The van der Waals surface area contributed by atoms with E-state index in [0.29, 0.717) is 11.9 Å². The molecule has 0 aromatic heterocycles. The lowest BCUT2D eigenvalue weighted by atomic mass is 9.86. The highest BCUT2D eigenvalue weighted by molar-refractivity contribution is 5.82. The summed E-state index contributed by atoms with van der Waals surface area (Å²) in [5.74, 6) is 1.97. The molecule has 0 N–H and O–H groups in total. The highest BCUT2D eigenvalue weighted by Gasteiger charge is 2.34. The molecule has 0 radical (unpaired) electrons. The van der Waals surface area contributed by atoms with E-state index in [1.807, 2.05) is 0 Å². The number of carbonyl (C=O) groups is 1. The third kappa shape index (κ3) is 3.55. The summed E-state index contributed by atoms with van der Waals surface area (Å²) in [5, 5.41) is 0. The van der Waals surface area contributed by atoms with Crippen molar-refractivity contribution in [3.05, 3.63) is 0 Å². The van der Waals surface area contributed by atoms with Crippen LogP contribution in [0.1, 0.15) is 59.8 Å². The molecule has 116 valence electrons. The summed E-state index contributed by atoms with van der Waals surface area (Å²) < 4.78 is 0. The molecule has 2 saturated heterocycles. The molecule has 0 aliphatic carbocycles. The summed E-state index contributed by atoms with van der Waals surface area (Å²) in [7, 11) is 0. The fourth-order valence-corrected chi connectivity index (χ4v) is 3.83. The maximum absolute atomic E-state index is 12.8. The Balaban J connectivity index is 1.93.